The fourth-order valence-corrected chi connectivity index (χ4v) is 2.25. The minimum Gasteiger partial charge on any atom is -0.466 e. The van der Waals surface area contributed by atoms with E-state index in [4.69, 9.17) is 21.1 Å². The molecular formula is C18H21ClFN3O3. The number of benzene rings is 1. The van der Waals surface area contributed by atoms with E-state index in [1.165, 1.54) is 19.2 Å². The van der Waals surface area contributed by atoms with Crippen molar-refractivity contribution in [2.24, 2.45) is 0 Å². The van der Waals surface area contributed by atoms with Crippen molar-refractivity contribution in [3.05, 3.63) is 35.1 Å². The highest BCUT2D eigenvalue weighted by Gasteiger charge is 2.32. The molecule has 1 heterocycles. The van der Waals surface area contributed by atoms with Gasteiger partial charge in [0.2, 0.25) is 11.5 Å². The van der Waals surface area contributed by atoms with E-state index < -0.39 is 17.4 Å². The van der Waals surface area contributed by atoms with E-state index >= 15 is 0 Å². The first-order valence-electron chi connectivity index (χ1n) is 8.12. The molecule has 0 aliphatic carbocycles. The Hall–Kier alpha value is -2.41. The number of methoxy groups -OCH3 is 1. The van der Waals surface area contributed by atoms with E-state index in [0.717, 1.165) is 6.42 Å². The Bertz CT molecular complexity index is 799. The third kappa shape index (κ3) is 4.82. The lowest BCUT2D eigenvalue weighted by atomic mass is 10.1. The van der Waals surface area contributed by atoms with Crippen molar-refractivity contribution in [2.75, 3.05) is 19.0 Å². The lowest BCUT2D eigenvalue weighted by molar-refractivity contribution is -0.156. The van der Waals surface area contributed by atoms with Crippen molar-refractivity contribution < 1.29 is 18.7 Å². The number of rotatable bonds is 7. The maximum absolute atomic E-state index is 13.8. The van der Waals surface area contributed by atoms with Crippen LogP contribution in [-0.2, 0) is 9.53 Å². The van der Waals surface area contributed by atoms with Crippen molar-refractivity contribution in [1.82, 2.24) is 9.97 Å². The number of ether oxygens (including phenoxy) is 2. The van der Waals surface area contributed by atoms with Gasteiger partial charge in [-0.2, -0.15) is 4.98 Å². The first-order chi connectivity index (χ1) is 12.3. The van der Waals surface area contributed by atoms with Crippen LogP contribution in [0.4, 0.5) is 10.2 Å². The molecule has 1 aromatic heterocycles. The zero-order valence-corrected chi connectivity index (χ0v) is 15.9. The molecule has 2 rings (SSSR count). The predicted molar refractivity (Wildman–Crippen MR) is 97.9 cm³/mol. The molecule has 1 aromatic carbocycles. The number of hydrogen-bond donors (Lipinski definition) is 1. The number of halogens is 2. The Labute approximate surface area is 156 Å². The summed E-state index contributed by atoms with van der Waals surface area (Å²) in [6, 6.07) is 5.87. The summed E-state index contributed by atoms with van der Waals surface area (Å²) in [4.78, 5) is 20.5. The summed E-state index contributed by atoms with van der Waals surface area (Å²) >= 11 is 5.73. The molecule has 2 aromatic rings. The summed E-state index contributed by atoms with van der Waals surface area (Å²) in [5, 5.41) is 3.14. The van der Waals surface area contributed by atoms with Gasteiger partial charge < -0.3 is 14.8 Å². The quantitative estimate of drug-likeness (QED) is 0.728. The predicted octanol–water partition coefficient (Wildman–Crippen LogP) is 4.09. The van der Waals surface area contributed by atoms with Gasteiger partial charge in [-0.3, -0.25) is 0 Å². The van der Waals surface area contributed by atoms with Gasteiger partial charge in [0.1, 0.15) is 11.6 Å². The van der Waals surface area contributed by atoms with E-state index in [9.17, 15) is 9.18 Å². The number of nitrogens with zero attached hydrogens (tertiary/aromatic N) is 2. The molecule has 0 saturated heterocycles. The zero-order chi connectivity index (χ0) is 19.3. The summed E-state index contributed by atoms with van der Waals surface area (Å²) in [7, 11) is 1.28. The number of anilines is 1. The van der Waals surface area contributed by atoms with Crippen LogP contribution in [-0.4, -0.2) is 35.2 Å². The lowest BCUT2D eigenvalue weighted by Gasteiger charge is -2.23. The summed E-state index contributed by atoms with van der Waals surface area (Å²) in [5.41, 5.74) is -0.805. The first kappa shape index (κ1) is 19.9. The fraction of sp³-hybridized carbons (Fsp3) is 0.389. The molecule has 8 heteroatoms. The Balaban J connectivity index is 2.44. The number of nitrogens with one attached hydrogen (secondary N) is 1. The summed E-state index contributed by atoms with van der Waals surface area (Å²) < 4.78 is 24.2. The van der Waals surface area contributed by atoms with Crippen LogP contribution in [0.15, 0.2) is 24.3 Å². The molecular weight excluding hydrogens is 361 g/mol. The molecule has 0 fully saturated rings. The van der Waals surface area contributed by atoms with Crippen LogP contribution in [0.5, 0.6) is 5.88 Å². The summed E-state index contributed by atoms with van der Waals surface area (Å²) in [5.74, 6) is -0.199. The molecule has 0 aliphatic rings. The highest BCUT2D eigenvalue weighted by molar-refractivity contribution is 6.30. The summed E-state index contributed by atoms with van der Waals surface area (Å²) in [6.45, 7) is 5.84. The van der Waals surface area contributed by atoms with Gasteiger partial charge in [0.25, 0.3) is 0 Å². The van der Waals surface area contributed by atoms with Crippen LogP contribution in [0, 0.1) is 5.82 Å². The van der Waals surface area contributed by atoms with Crippen molar-refractivity contribution in [3.8, 4) is 17.3 Å². The van der Waals surface area contributed by atoms with Crippen LogP contribution >= 0.6 is 11.6 Å². The van der Waals surface area contributed by atoms with Gasteiger partial charge >= 0.3 is 5.97 Å². The van der Waals surface area contributed by atoms with E-state index in [1.54, 1.807) is 26.0 Å². The topological polar surface area (TPSA) is 73.3 Å². The van der Waals surface area contributed by atoms with Gasteiger partial charge in [-0.25, -0.2) is 14.2 Å². The third-order valence-corrected chi connectivity index (χ3v) is 3.78. The molecule has 0 radical (unpaired) electrons. The minimum absolute atomic E-state index is 0.0114. The van der Waals surface area contributed by atoms with E-state index in [1.807, 2.05) is 6.92 Å². The largest absolute Gasteiger partial charge is 0.466 e. The molecule has 26 heavy (non-hydrogen) atoms. The highest BCUT2D eigenvalue weighted by atomic mass is 35.5. The third-order valence-electron chi connectivity index (χ3n) is 3.47. The number of carbonyl (C=O) groups is 1. The van der Waals surface area contributed by atoms with Crippen molar-refractivity contribution in [1.29, 1.82) is 0 Å². The Morgan fingerprint density at radius 2 is 2.04 bits per heavy atom. The lowest BCUT2D eigenvalue weighted by Crippen LogP contribution is -2.39. The highest BCUT2D eigenvalue weighted by Crippen LogP contribution is 2.27. The van der Waals surface area contributed by atoms with Crippen LogP contribution in [0.2, 0.25) is 5.02 Å². The Morgan fingerprint density at radius 1 is 1.31 bits per heavy atom. The standard InChI is InChI=1S/C18H21ClFN3O3/c1-5-8-21-14-10-15(26-18(2,3)17(24)25-4)23-16(22-14)11-6-7-12(19)13(20)9-11/h6-7,9-10H,5,8H2,1-4H3,(H,21,22,23). The van der Waals surface area contributed by atoms with Crippen LogP contribution in [0.3, 0.4) is 0 Å². The van der Waals surface area contributed by atoms with Gasteiger partial charge in [0.05, 0.1) is 12.1 Å². The molecule has 0 aliphatic heterocycles. The second kappa shape index (κ2) is 8.31. The molecule has 0 atom stereocenters. The second-order valence-electron chi connectivity index (χ2n) is 6.07. The Kier molecular flexibility index (Phi) is 6.37. The zero-order valence-electron chi connectivity index (χ0n) is 15.1. The minimum atomic E-state index is -1.24. The van der Waals surface area contributed by atoms with E-state index in [2.05, 4.69) is 15.3 Å². The van der Waals surface area contributed by atoms with Crippen LogP contribution in [0.25, 0.3) is 11.4 Å². The number of carbonyl (C=O) groups excluding carboxylic acids is 1. The van der Waals surface area contributed by atoms with Crippen LogP contribution in [0.1, 0.15) is 27.2 Å². The fourth-order valence-electron chi connectivity index (χ4n) is 2.13. The first-order valence-corrected chi connectivity index (χ1v) is 8.50. The molecule has 0 amide bonds. The van der Waals surface area contributed by atoms with Crippen molar-refractivity contribution in [2.45, 2.75) is 32.8 Å². The molecule has 140 valence electrons. The smallest absolute Gasteiger partial charge is 0.349 e. The normalized spacial score (nSPS) is 11.2. The van der Waals surface area contributed by atoms with Gasteiger partial charge in [-0.05, 0) is 38.5 Å². The van der Waals surface area contributed by atoms with E-state index in [-0.39, 0.29) is 16.7 Å². The molecule has 0 saturated carbocycles. The maximum Gasteiger partial charge on any atom is 0.349 e. The second-order valence-corrected chi connectivity index (χ2v) is 6.48. The Morgan fingerprint density at radius 3 is 2.65 bits per heavy atom. The van der Waals surface area contributed by atoms with Crippen molar-refractivity contribution in [3.63, 3.8) is 0 Å². The summed E-state index contributed by atoms with van der Waals surface area (Å²) in [6.07, 6.45) is 0.888. The molecule has 6 nitrogen and oxygen atoms in total. The number of aromatic nitrogens is 2. The van der Waals surface area contributed by atoms with Gasteiger partial charge in [-0.15, -0.1) is 0 Å². The van der Waals surface area contributed by atoms with Gasteiger partial charge in [-0.1, -0.05) is 18.5 Å². The number of hydrogen-bond acceptors (Lipinski definition) is 6. The SMILES string of the molecule is CCCNc1cc(OC(C)(C)C(=O)OC)nc(-c2ccc(Cl)c(F)c2)n1. The molecule has 0 spiro atoms. The van der Waals surface area contributed by atoms with Crippen LogP contribution < -0.4 is 10.1 Å². The van der Waals surface area contributed by atoms with Gasteiger partial charge in [0.15, 0.2) is 5.82 Å². The van der Waals surface area contributed by atoms with E-state index in [0.29, 0.717) is 17.9 Å². The molecule has 1 N–H and O–H groups in total. The number of esters is 1. The monoisotopic (exact) mass is 381 g/mol. The molecule has 0 bridgehead atoms. The van der Waals surface area contributed by atoms with Crippen molar-refractivity contribution >= 4 is 23.4 Å². The average molecular weight is 382 g/mol. The maximum atomic E-state index is 13.8. The van der Waals surface area contributed by atoms with Gasteiger partial charge in [0, 0.05) is 18.2 Å². The average Bonchev–Trinajstić information content (AvgIpc) is 2.60. The molecule has 0 unspecified atom stereocenters.